The fraction of sp³-hybridized carbons (Fsp3) is 0.636. The molecule has 1 unspecified atom stereocenters. The van der Waals surface area contributed by atoms with Crippen molar-refractivity contribution < 1.29 is 4.74 Å². The highest BCUT2D eigenvalue weighted by Gasteiger charge is 2.03. The van der Waals surface area contributed by atoms with Gasteiger partial charge in [-0.15, -0.1) is 0 Å². The van der Waals surface area contributed by atoms with Gasteiger partial charge in [-0.2, -0.15) is 5.10 Å². The molecule has 0 aliphatic carbocycles. The van der Waals surface area contributed by atoms with Crippen LogP contribution in [0.15, 0.2) is 17.3 Å². The topological polar surface area (TPSA) is 89.5 Å². The van der Waals surface area contributed by atoms with Crippen LogP contribution in [0.3, 0.4) is 0 Å². The lowest BCUT2D eigenvalue weighted by molar-refractivity contribution is 0.179. The van der Waals surface area contributed by atoms with Crippen LogP contribution in [0.5, 0.6) is 0 Å². The second-order valence-corrected chi connectivity index (χ2v) is 4.11. The third kappa shape index (κ3) is 5.15. The van der Waals surface area contributed by atoms with Crippen LogP contribution in [0.1, 0.15) is 12.6 Å². The SMILES string of the molecule is COCC(C)NC(=NCCc1ccn(C)n1)NN. The number of aliphatic imine (C=N–C) groups is 1. The summed E-state index contributed by atoms with van der Waals surface area (Å²) in [6.45, 7) is 3.22. The van der Waals surface area contributed by atoms with Gasteiger partial charge in [0.2, 0.25) is 5.96 Å². The molecule has 0 aliphatic heterocycles. The summed E-state index contributed by atoms with van der Waals surface area (Å²) in [5.74, 6) is 5.96. The van der Waals surface area contributed by atoms with Crippen molar-refractivity contribution in [1.29, 1.82) is 0 Å². The molecule has 0 aliphatic rings. The largest absolute Gasteiger partial charge is 0.383 e. The summed E-state index contributed by atoms with van der Waals surface area (Å²) in [7, 11) is 3.56. The van der Waals surface area contributed by atoms with Crippen LogP contribution in [-0.2, 0) is 18.2 Å². The normalized spacial score (nSPS) is 13.4. The minimum Gasteiger partial charge on any atom is -0.383 e. The van der Waals surface area contributed by atoms with Crippen molar-refractivity contribution in [3.05, 3.63) is 18.0 Å². The van der Waals surface area contributed by atoms with Crippen LogP contribution < -0.4 is 16.6 Å². The zero-order valence-corrected chi connectivity index (χ0v) is 11.2. The molecule has 18 heavy (non-hydrogen) atoms. The number of hydrogen-bond donors (Lipinski definition) is 3. The molecule has 0 amide bonds. The average Bonchev–Trinajstić information content (AvgIpc) is 2.74. The number of hydrogen-bond acceptors (Lipinski definition) is 4. The van der Waals surface area contributed by atoms with Gasteiger partial charge in [0, 0.05) is 39.4 Å². The number of guanidine groups is 1. The van der Waals surface area contributed by atoms with E-state index in [9.17, 15) is 0 Å². The van der Waals surface area contributed by atoms with Crippen LogP contribution in [0.2, 0.25) is 0 Å². The third-order valence-corrected chi connectivity index (χ3v) is 2.34. The molecule has 0 radical (unpaired) electrons. The van der Waals surface area contributed by atoms with Crippen molar-refractivity contribution >= 4 is 5.96 Å². The Morgan fingerprint density at radius 2 is 2.44 bits per heavy atom. The molecule has 1 rings (SSSR count). The fourth-order valence-electron chi connectivity index (χ4n) is 1.54. The van der Waals surface area contributed by atoms with Crippen molar-refractivity contribution in [2.75, 3.05) is 20.3 Å². The van der Waals surface area contributed by atoms with E-state index in [0.717, 1.165) is 12.1 Å². The van der Waals surface area contributed by atoms with Crippen molar-refractivity contribution in [3.63, 3.8) is 0 Å². The Kier molecular flexibility index (Phi) is 6.16. The van der Waals surface area contributed by atoms with Gasteiger partial charge < -0.3 is 10.1 Å². The first kappa shape index (κ1) is 14.5. The molecular formula is C11H22N6O. The molecule has 4 N–H and O–H groups in total. The van der Waals surface area contributed by atoms with Gasteiger partial charge in [-0.05, 0) is 13.0 Å². The molecule has 0 fully saturated rings. The predicted molar refractivity (Wildman–Crippen MR) is 71.0 cm³/mol. The number of nitrogens with two attached hydrogens (primary N) is 1. The molecule has 0 saturated heterocycles. The van der Waals surface area contributed by atoms with E-state index in [1.165, 1.54) is 0 Å². The number of aromatic nitrogens is 2. The Labute approximate surface area is 107 Å². The molecule has 0 saturated carbocycles. The van der Waals surface area contributed by atoms with Gasteiger partial charge in [0.05, 0.1) is 12.3 Å². The summed E-state index contributed by atoms with van der Waals surface area (Å²) in [5, 5.41) is 7.40. The minimum absolute atomic E-state index is 0.152. The smallest absolute Gasteiger partial charge is 0.206 e. The zero-order valence-electron chi connectivity index (χ0n) is 11.2. The van der Waals surface area contributed by atoms with Gasteiger partial charge in [-0.1, -0.05) is 0 Å². The van der Waals surface area contributed by atoms with Crippen molar-refractivity contribution in [2.24, 2.45) is 17.9 Å². The molecule has 1 aromatic rings. The molecule has 7 nitrogen and oxygen atoms in total. The summed E-state index contributed by atoms with van der Waals surface area (Å²) in [4.78, 5) is 4.33. The Morgan fingerprint density at radius 1 is 1.67 bits per heavy atom. The van der Waals surface area contributed by atoms with Crippen LogP contribution >= 0.6 is 0 Å². The van der Waals surface area contributed by atoms with E-state index in [-0.39, 0.29) is 6.04 Å². The Hall–Kier alpha value is -1.60. The average molecular weight is 254 g/mol. The lowest BCUT2D eigenvalue weighted by atomic mass is 10.3. The number of methoxy groups -OCH3 is 1. The lowest BCUT2D eigenvalue weighted by Crippen LogP contribution is -2.47. The first-order valence-electron chi connectivity index (χ1n) is 5.90. The van der Waals surface area contributed by atoms with Gasteiger partial charge in [0.1, 0.15) is 0 Å². The van der Waals surface area contributed by atoms with Gasteiger partial charge in [0.25, 0.3) is 0 Å². The van der Waals surface area contributed by atoms with Crippen molar-refractivity contribution in [2.45, 2.75) is 19.4 Å². The second kappa shape index (κ2) is 7.67. The highest BCUT2D eigenvalue weighted by atomic mass is 16.5. The number of rotatable bonds is 6. The van der Waals surface area contributed by atoms with E-state index in [1.54, 1.807) is 11.8 Å². The Morgan fingerprint density at radius 3 is 3.00 bits per heavy atom. The van der Waals surface area contributed by atoms with E-state index in [2.05, 4.69) is 20.8 Å². The molecule has 1 heterocycles. The number of ether oxygens (including phenoxy) is 1. The van der Waals surface area contributed by atoms with Crippen LogP contribution in [0.25, 0.3) is 0 Å². The fourth-order valence-corrected chi connectivity index (χ4v) is 1.54. The quantitative estimate of drug-likeness (QED) is 0.273. The molecule has 0 aromatic carbocycles. The molecule has 102 valence electrons. The molecule has 7 heteroatoms. The maximum absolute atomic E-state index is 5.40. The number of hydrazine groups is 1. The second-order valence-electron chi connectivity index (χ2n) is 4.11. The molecule has 0 spiro atoms. The van der Waals surface area contributed by atoms with E-state index in [4.69, 9.17) is 10.6 Å². The van der Waals surface area contributed by atoms with E-state index < -0.39 is 0 Å². The van der Waals surface area contributed by atoms with Gasteiger partial charge >= 0.3 is 0 Å². The first-order valence-corrected chi connectivity index (χ1v) is 5.90. The Bertz CT molecular complexity index is 375. The van der Waals surface area contributed by atoms with Crippen LogP contribution in [-0.4, -0.2) is 42.0 Å². The lowest BCUT2D eigenvalue weighted by Gasteiger charge is -2.15. The standard InChI is InChI=1S/C11H22N6O/c1-9(8-18-3)14-11(15-12)13-6-4-10-5-7-17(2)16-10/h5,7,9H,4,6,8,12H2,1-3H3,(H2,13,14,15). The molecular weight excluding hydrogens is 232 g/mol. The number of nitrogens with one attached hydrogen (secondary N) is 2. The first-order chi connectivity index (χ1) is 8.65. The highest BCUT2D eigenvalue weighted by molar-refractivity contribution is 5.79. The number of nitrogens with zero attached hydrogens (tertiary/aromatic N) is 3. The van der Waals surface area contributed by atoms with E-state index >= 15 is 0 Å². The molecule has 0 bridgehead atoms. The van der Waals surface area contributed by atoms with E-state index in [0.29, 0.717) is 19.1 Å². The monoisotopic (exact) mass is 254 g/mol. The molecule has 1 atom stereocenters. The zero-order chi connectivity index (χ0) is 13.4. The van der Waals surface area contributed by atoms with Crippen molar-refractivity contribution in [3.8, 4) is 0 Å². The highest BCUT2D eigenvalue weighted by Crippen LogP contribution is 1.95. The summed E-state index contributed by atoms with van der Waals surface area (Å²) >= 11 is 0. The van der Waals surface area contributed by atoms with Crippen LogP contribution in [0.4, 0.5) is 0 Å². The Balaban J connectivity index is 2.37. The maximum atomic E-state index is 5.40. The van der Waals surface area contributed by atoms with Crippen molar-refractivity contribution in [1.82, 2.24) is 20.5 Å². The number of aryl methyl sites for hydroxylation is 1. The van der Waals surface area contributed by atoms with Crippen LogP contribution in [0, 0.1) is 0 Å². The summed E-state index contributed by atoms with van der Waals surface area (Å²) in [6.07, 6.45) is 2.70. The predicted octanol–water partition coefficient (Wildman–Crippen LogP) is -0.594. The third-order valence-electron chi connectivity index (χ3n) is 2.34. The van der Waals surface area contributed by atoms with Gasteiger partial charge in [-0.3, -0.25) is 15.1 Å². The summed E-state index contributed by atoms with van der Waals surface area (Å²) in [6, 6.07) is 2.13. The maximum Gasteiger partial charge on any atom is 0.206 e. The van der Waals surface area contributed by atoms with Gasteiger partial charge in [0.15, 0.2) is 0 Å². The summed E-state index contributed by atoms with van der Waals surface area (Å²) < 4.78 is 6.80. The minimum atomic E-state index is 0.152. The van der Waals surface area contributed by atoms with E-state index in [1.807, 2.05) is 26.2 Å². The molecule has 1 aromatic heterocycles. The van der Waals surface area contributed by atoms with Gasteiger partial charge in [-0.25, -0.2) is 5.84 Å². The summed E-state index contributed by atoms with van der Waals surface area (Å²) in [5.41, 5.74) is 3.56.